The smallest absolute Gasteiger partial charge is 0.371 e. The Labute approximate surface area is 160 Å². The molecular weight excluding hydrogens is 368 g/mol. The van der Waals surface area contributed by atoms with Crippen LogP contribution < -0.4 is 14.2 Å². The van der Waals surface area contributed by atoms with Crippen molar-refractivity contribution < 1.29 is 39.1 Å². The number of phenolic OH excluding ortho intramolecular Hbond substituents is 1. The monoisotopic (exact) mass is 386 g/mol. The summed E-state index contributed by atoms with van der Waals surface area (Å²) in [5.41, 5.74) is 0.975. The van der Waals surface area contributed by atoms with Gasteiger partial charge in [-0.25, -0.2) is 9.59 Å². The molecule has 3 N–H and O–H groups in total. The molecule has 8 heteroatoms. The minimum absolute atomic E-state index is 0.0795. The van der Waals surface area contributed by atoms with Gasteiger partial charge in [0.1, 0.15) is 0 Å². The van der Waals surface area contributed by atoms with Gasteiger partial charge in [-0.3, -0.25) is 0 Å². The maximum absolute atomic E-state index is 11.6. The van der Waals surface area contributed by atoms with E-state index in [9.17, 15) is 19.8 Å². The van der Waals surface area contributed by atoms with E-state index >= 15 is 0 Å². The Balaban J connectivity index is 2.36. The molecule has 28 heavy (non-hydrogen) atoms. The lowest BCUT2D eigenvalue weighted by atomic mass is 10.1. The van der Waals surface area contributed by atoms with E-state index in [-0.39, 0.29) is 28.8 Å². The maximum Gasteiger partial charge on any atom is 0.371 e. The summed E-state index contributed by atoms with van der Waals surface area (Å²) >= 11 is 0. The van der Waals surface area contributed by atoms with Gasteiger partial charge < -0.3 is 29.5 Å². The van der Waals surface area contributed by atoms with Crippen molar-refractivity contribution in [2.24, 2.45) is 0 Å². The van der Waals surface area contributed by atoms with Gasteiger partial charge in [0.05, 0.1) is 14.2 Å². The summed E-state index contributed by atoms with van der Waals surface area (Å²) < 4.78 is 15.7. The molecule has 0 saturated heterocycles. The van der Waals surface area contributed by atoms with Crippen molar-refractivity contribution in [2.75, 3.05) is 14.2 Å². The van der Waals surface area contributed by atoms with Gasteiger partial charge in [0, 0.05) is 6.08 Å². The van der Waals surface area contributed by atoms with E-state index in [2.05, 4.69) is 0 Å². The number of hydrogen-bond donors (Lipinski definition) is 3. The number of hydrogen-bond acceptors (Lipinski definition) is 6. The first-order valence-electron chi connectivity index (χ1n) is 7.93. The number of methoxy groups -OCH3 is 2. The first-order chi connectivity index (χ1) is 13.3. The third-order valence-corrected chi connectivity index (χ3v) is 3.54. The molecule has 0 atom stereocenters. The topological polar surface area (TPSA) is 123 Å². The number of carbonyl (C=O) groups is 2. The van der Waals surface area contributed by atoms with E-state index in [1.807, 2.05) is 0 Å². The van der Waals surface area contributed by atoms with E-state index < -0.39 is 11.9 Å². The van der Waals surface area contributed by atoms with Crippen molar-refractivity contribution in [3.8, 4) is 23.0 Å². The van der Waals surface area contributed by atoms with Gasteiger partial charge in [-0.2, -0.15) is 0 Å². The molecule has 0 spiro atoms. The summed E-state index contributed by atoms with van der Waals surface area (Å²) in [5.74, 6) is -2.34. The van der Waals surface area contributed by atoms with Crippen LogP contribution >= 0.6 is 0 Å². The van der Waals surface area contributed by atoms with Gasteiger partial charge in [-0.1, -0.05) is 12.1 Å². The molecule has 2 aromatic rings. The normalized spacial score (nSPS) is 11.3. The number of carboxylic acids is 2. The summed E-state index contributed by atoms with van der Waals surface area (Å²) in [4.78, 5) is 22.2. The van der Waals surface area contributed by atoms with Crippen molar-refractivity contribution in [3.63, 3.8) is 0 Å². The molecule has 0 aliphatic rings. The van der Waals surface area contributed by atoms with Gasteiger partial charge in [0.2, 0.25) is 5.76 Å². The Morgan fingerprint density at radius 2 is 1.54 bits per heavy atom. The van der Waals surface area contributed by atoms with Crippen molar-refractivity contribution in [3.05, 3.63) is 59.4 Å². The molecule has 146 valence electrons. The van der Waals surface area contributed by atoms with E-state index in [4.69, 9.17) is 19.3 Å². The summed E-state index contributed by atoms with van der Waals surface area (Å²) in [6.07, 6.45) is 3.60. The number of benzene rings is 2. The molecule has 8 nitrogen and oxygen atoms in total. The van der Waals surface area contributed by atoms with Gasteiger partial charge in [-0.05, 0) is 47.5 Å². The second-order valence-electron chi connectivity index (χ2n) is 5.43. The Morgan fingerprint density at radius 1 is 0.893 bits per heavy atom. The molecule has 0 unspecified atom stereocenters. The number of phenols is 1. The number of carboxylic acid groups (broad SMARTS) is 2. The molecule has 0 bridgehead atoms. The lowest BCUT2D eigenvalue weighted by molar-refractivity contribution is -0.135. The SMILES string of the molecule is COc1cc(/C=C(/Oc2ccc(/C=C/C(=O)O)cc2OC)C(=O)O)ccc1O. The average Bonchev–Trinajstić information content (AvgIpc) is 2.67. The molecule has 0 amide bonds. The average molecular weight is 386 g/mol. The van der Waals surface area contributed by atoms with Crippen molar-refractivity contribution >= 4 is 24.1 Å². The zero-order valence-corrected chi connectivity index (χ0v) is 15.1. The van der Waals surface area contributed by atoms with E-state index in [1.54, 1.807) is 6.07 Å². The molecule has 0 aliphatic carbocycles. The number of ether oxygens (including phenoxy) is 3. The van der Waals surface area contributed by atoms with Crippen LogP contribution in [0, 0.1) is 0 Å². The number of aromatic hydroxyl groups is 1. The zero-order valence-electron chi connectivity index (χ0n) is 15.1. The highest BCUT2D eigenvalue weighted by atomic mass is 16.5. The summed E-state index contributed by atoms with van der Waals surface area (Å²) in [6.45, 7) is 0. The molecule has 0 aliphatic heterocycles. The van der Waals surface area contributed by atoms with E-state index in [0.29, 0.717) is 11.1 Å². The number of rotatable bonds is 8. The van der Waals surface area contributed by atoms with Crippen LogP contribution in [0.3, 0.4) is 0 Å². The third-order valence-electron chi connectivity index (χ3n) is 3.54. The molecular formula is C20H18O8. The fourth-order valence-electron chi connectivity index (χ4n) is 2.23. The Hall–Kier alpha value is -3.94. The second kappa shape index (κ2) is 9.13. The van der Waals surface area contributed by atoms with Crippen LogP contribution in [-0.4, -0.2) is 41.5 Å². The highest BCUT2D eigenvalue weighted by Gasteiger charge is 2.15. The van der Waals surface area contributed by atoms with Crippen LogP contribution in [0.5, 0.6) is 23.0 Å². The molecule has 0 saturated carbocycles. The molecule has 0 aromatic heterocycles. The van der Waals surface area contributed by atoms with E-state index in [1.165, 1.54) is 56.7 Å². The molecule has 0 radical (unpaired) electrons. The molecule has 0 heterocycles. The van der Waals surface area contributed by atoms with Gasteiger partial charge >= 0.3 is 11.9 Å². The van der Waals surface area contributed by atoms with Crippen LogP contribution in [-0.2, 0) is 9.59 Å². The summed E-state index contributed by atoms with van der Waals surface area (Å²) in [5, 5.41) is 27.8. The van der Waals surface area contributed by atoms with Crippen LogP contribution in [0.25, 0.3) is 12.2 Å². The van der Waals surface area contributed by atoms with Crippen LogP contribution in [0.4, 0.5) is 0 Å². The van der Waals surface area contributed by atoms with Crippen molar-refractivity contribution in [2.45, 2.75) is 0 Å². The van der Waals surface area contributed by atoms with Crippen molar-refractivity contribution in [1.29, 1.82) is 0 Å². The van der Waals surface area contributed by atoms with Crippen LogP contribution in [0.15, 0.2) is 48.2 Å². The van der Waals surface area contributed by atoms with E-state index in [0.717, 1.165) is 6.08 Å². The van der Waals surface area contributed by atoms with Crippen molar-refractivity contribution in [1.82, 2.24) is 0 Å². The second-order valence-corrected chi connectivity index (χ2v) is 5.43. The predicted molar refractivity (Wildman–Crippen MR) is 101 cm³/mol. The Morgan fingerprint density at radius 3 is 2.14 bits per heavy atom. The number of aliphatic carboxylic acids is 2. The maximum atomic E-state index is 11.6. The minimum Gasteiger partial charge on any atom is -0.504 e. The Kier molecular flexibility index (Phi) is 6.64. The third kappa shape index (κ3) is 5.28. The van der Waals surface area contributed by atoms with Crippen LogP contribution in [0.1, 0.15) is 11.1 Å². The lowest BCUT2D eigenvalue weighted by Gasteiger charge is -2.12. The van der Waals surface area contributed by atoms with Gasteiger partial charge in [0.15, 0.2) is 23.0 Å². The fraction of sp³-hybridized carbons (Fsp3) is 0.100. The summed E-state index contributed by atoms with van der Waals surface area (Å²) in [7, 11) is 2.75. The zero-order chi connectivity index (χ0) is 20.7. The molecule has 0 fully saturated rings. The quantitative estimate of drug-likeness (QED) is 0.467. The highest BCUT2D eigenvalue weighted by Crippen LogP contribution is 2.31. The van der Waals surface area contributed by atoms with Gasteiger partial charge in [0.25, 0.3) is 0 Å². The molecule has 2 aromatic carbocycles. The Bertz CT molecular complexity index is 943. The predicted octanol–water partition coefficient (Wildman–Crippen LogP) is 3.01. The fourth-order valence-corrected chi connectivity index (χ4v) is 2.23. The standard InChI is InChI=1S/C20H18O8/c1-26-16-10-13(3-6-14(16)21)11-18(20(24)25)28-15-7-4-12(5-8-19(22)23)9-17(15)27-2/h3-11,21H,1-2H3,(H,22,23)(H,24,25)/b8-5+,18-11+. The minimum atomic E-state index is -1.32. The highest BCUT2D eigenvalue weighted by molar-refractivity contribution is 5.90. The summed E-state index contributed by atoms with van der Waals surface area (Å²) in [6, 6.07) is 8.86. The lowest BCUT2D eigenvalue weighted by Crippen LogP contribution is -2.08. The van der Waals surface area contributed by atoms with Gasteiger partial charge in [-0.15, -0.1) is 0 Å². The largest absolute Gasteiger partial charge is 0.504 e. The first-order valence-corrected chi connectivity index (χ1v) is 7.93. The molecule has 2 rings (SSSR count). The van der Waals surface area contributed by atoms with Crippen LogP contribution in [0.2, 0.25) is 0 Å². The first kappa shape index (κ1) is 20.4.